The van der Waals surface area contributed by atoms with Gasteiger partial charge in [-0.2, -0.15) is 0 Å². The Kier molecular flexibility index (Phi) is 4.61. The molecule has 5 nitrogen and oxygen atoms in total. The third kappa shape index (κ3) is 3.43. The molecule has 0 aromatic heterocycles. The molecule has 0 atom stereocenters. The van der Waals surface area contributed by atoms with Crippen LogP contribution in [0.3, 0.4) is 0 Å². The molecule has 1 aliphatic carbocycles. The number of carbonyl (C=O) groups is 2. The highest BCUT2D eigenvalue weighted by molar-refractivity contribution is 5.99. The van der Waals surface area contributed by atoms with Crippen LogP contribution in [0.2, 0.25) is 0 Å². The number of ketones is 1. The summed E-state index contributed by atoms with van der Waals surface area (Å²) in [7, 11) is 0. The summed E-state index contributed by atoms with van der Waals surface area (Å²) in [6.07, 6.45) is 3.98. The summed E-state index contributed by atoms with van der Waals surface area (Å²) >= 11 is 0. The molecule has 0 saturated carbocycles. The number of benzene rings is 2. The van der Waals surface area contributed by atoms with Crippen molar-refractivity contribution in [1.29, 1.82) is 0 Å². The van der Waals surface area contributed by atoms with Gasteiger partial charge in [0.15, 0.2) is 23.9 Å². The quantitative estimate of drug-likeness (QED) is 0.624. The first-order valence-corrected chi connectivity index (χ1v) is 8.92. The van der Waals surface area contributed by atoms with Gasteiger partial charge in [0.1, 0.15) is 0 Å². The van der Waals surface area contributed by atoms with Crippen LogP contribution in [-0.4, -0.2) is 31.6 Å². The van der Waals surface area contributed by atoms with Crippen molar-refractivity contribution in [2.24, 2.45) is 0 Å². The monoisotopic (exact) mass is 352 g/mol. The lowest BCUT2D eigenvalue weighted by atomic mass is 10.1. The normalized spacial score (nSPS) is 15.1. The summed E-state index contributed by atoms with van der Waals surface area (Å²) in [5.74, 6) is 0.449. The van der Waals surface area contributed by atoms with Gasteiger partial charge in [-0.3, -0.25) is 4.79 Å². The Morgan fingerprint density at radius 2 is 1.62 bits per heavy atom. The van der Waals surface area contributed by atoms with E-state index >= 15 is 0 Å². The summed E-state index contributed by atoms with van der Waals surface area (Å²) < 4.78 is 16.4. The van der Waals surface area contributed by atoms with Crippen molar-refractivity contribution >= 4 is 11.8 Å². The van der Waals surface area contributed by atoms with Crippen molar-refractivity contribution in [1.82, 2.24) is 0 Å². The molecule has 2 aromatic rings. The van der Waals surface area contributed by atoms with E-state index in [0.717, 1.165) is 25.7 Å². The van der Waals surface area contributed by atoms with E-state index < -0.39 is 5.97 Å². The van der Waals surface area contributed by atoms with Gasteiger partial charge in [-0.25, -0.2) is 4.79 Å². The first-order valence-electron chi connectivity index (χ1n) is 8.92. The Hall–Kier alpha value is -2.82. The van der Waals surface area contributed by atoms with E-state index in [4.69, 9.17) is 14.2 Å². The number of rotatable bonds is 4. The van der Waals surface area contributed by atoms with Gasteiger partial charge >= 0.3 is 5.97 Å². The lowest BCUT2D eigenvalue weighted by Crippen LogP contribution is -2.14. The van der Waals surface area contributed by atoms with Gasteiger partial charge in [0.25, 0.3) is 0 Å². The van der Waals surface area contributed by atoms with Crippen molar-refractivity contribution in [3.8, 4) is 11.5 Å². The molecule has 2 aromatic carbocycles. The van der Waals surface area contributed by atoms with Gasteiger partial charge < -0.3 is 14.2 Å². The number of hydrogen-bond acceptors (Lipinski definition) is 5. The van der Waals surface area contributed by atoms with Crippen molar-refractivity contribution < 1.29 is 23.8 Å². The van der Waals surface area contributed by atoms with Crippen molar-refractivity contribution in [2.45, 2.75) is 25.7 Å². The molecule has 0 N–H and O–H groups in total. The second kappa shape index (κ2) is 7.20. The number of esters is 1. The molecule has 1 aliphatic heterocycles. The number of carbonyl (C=O) groups excluding carboxylic acids is 2. The minimum absolute atomic E-state index is 0.268. The Bertz CT molecular complexity index is 855. The van der Waals surface area contributed by atoms with E-state index in [1.165, 1.54) is 11.1 Å². The molecule has 0 saturated heterocycles. The molecule has 0 bridgehead atoms. The predicted molar refractivity (Wildman–Crippen MR) is 95.1 cm³/mol. The van der Waals surface area contributed by atoms with Gasteiger partial charge in [0.05, 0.1) is 18.8 Å². The Morgan fingerprint density at radius 1 is 0.846 bits per heavy atom. The van der Waals surface area contributed by atoms with E-state index in [0.29, 0.717) is 35.8 Å². The maximum atomic E-state index is 12.4. The van der Waals surface area contributed by atoms with Crippen molar-refractivity contribution in [3.05, 3.63) is 58.7 Å². The van der Waals surface area contributed by atoms with Crippen LogP contribution in [0.4, 0.5) is 0 Å². The van der Waals surface area contributed by atoms with Gasteiger partial charge in [-0.1, -0.05) is 6.07 Å². The van der Waals surface area contributed by atoms with Crippen LogP contribution < -0.4 is 9.47 Å². The van der Waals surface area contributed by atoms with E-state index in [-0.39, 0.29) is 12.4 Å². The Balaban J connectivity index is 1.40. The molecule has 0 amide bonds. The topological polar surface area (TPSA) is 61.8 Å². The van der Waals surface area contributed by atoms with Gasteiger partial charge in [0.2, 0.25) is 0 Å². The van der Waals surface area contributed by atoms with E-state index in [1.807, 2.05) is 12.1 Å². The molecule has 0 radical (unpaired) electrons. The minimum Gasteiger partial charge on any atom is -0.490 e. The van der Waals surface area contributed by atoms with E-state index in [9.17, 15) is 9.59 Å². The van der Waals surface area contributed by atoms with Crippen LogP contribution >= 0.6 is 0 Å². The first kappa shape index (κ1) is 16.6. The number of fused-ring (bicyclic) bond motifs is 2. The van der Waals surface area contributed by atoms with Crippen LogP contribution in [0, 0.1) is 0 Å². The predicted octanol–water partition coefficient (Wildman–Crippen LogP) is 3.38. The average molecular weight is 352 g/mol. The molecule has 0 unspecified atom stereocenters. The van der Waals surface area contributed by atoms with Crippen LogP contribution in [-0.2, 0) is 17.6 Å². The highest BCUT2D eigenvalue weighted by atomic mass is 16.5. The standard InChI is InChI=1S/C21H20O5/c22-18(16-7-8-19-20(12-16)25-10-2-9-24-19)13-26-21(23)17-6-5-14-3-1-4-15(14)11-17/h5-8,11-12H,1-4,9-10,13H2. The second-order valence-corrected chi connectivity index (χ2v) is 6.55. The number of Topliss-reactive ketones (excluding diaryl/α,β-unsaturated/α-hetero) is 1. The fourth-order valence-corrected chi connectivity index (χ4v) is 3.33. The van der Waals surface area contributed by atoms with Gasteiger partial charge in [-0.05, 0) is 60.7 Å². The lowest BCUT2D eigenvalue weighted by molar-refractivity contribution is 0.0474. The molecule has 5 heteroatoms. The van der Waals surface area contributed by atoms with Crippen LogP contribution in [0.25, 0.3) is 0 Å². The highest BCUT2D eigenvalue weighted by Crippen LogP contribution is 2.30. The van der Waals surface area contributed by atoms with Crippen molar-refractivity contribution in [2.75, 3.05) is 19.8 Å². The van der Waals surface area contributed by atoms with Gasteiger partial charge in [0, 0.05) is 12.0 Å². The van der Waals surface area contributed by atoms with Crippen LogP contribution in [0.1, 0.15) is 44.7 Å². The first-order chi connectivity index (χ1) is 12.7. The molecule has 1 heterocycles. The third-order valence-electron chi connectivity index (χ3n) is 4.74. The fourth-order valence-electron chi connectivity index (χ4n) is 3.33. The van der Waals surface area contributed by atoms with Crippen LogP contribution in [0.5, 0.6) is 11.5 Å². The summed E-state index contributed by atoms with van der Waals surface area (Å²) in [6.45, 7) is 0.853. The number of ether oxygens (including phenoxy) is 3. The summed E-state index contributed by atoms with van der Waals surface area (Å²) in [5.41, 5.74) is 3.44. The summed E-state index contributed by atoms with van der Waals surface area (Å²) in [4.78, 5) is 24.6. The average Bonchev–Trinajstić information content (AvgIpc) is 3.01. The Morgan fingerprint density at radius 3 is 2.50 bits per heavy atom. The molecule has 134 valence electrons. The second-order valence-electron chi connectivity index (χ2n) is 6.55. The smallest absolute Gasteiger partial charge is 0.338 e. The molecular weight excluding hydrogens is 332 g/mol. The largest absolute Gasteiger partial charge is 0.490 e. The molecule has 0 fully saturated rings. The maximum Gasteiger partial charge on any atom is 0.338 e. The summed E-state index contributed by atoms with van der Waals surface area (Å²) in [5, 5.41) is 0. The lowest BCUT2D eigenvalue weighted by Gasteiger charge is -2.09. The number of aryl methyl sites for hydroxylation is 2. The minimum atomic E-state index is -0.470. The highest BCUT2D eigenvalue weighted by Gasteiger charge is 2.18. The summed E-state index contributed by atoms with van der Waals surface area (Å²) in [6, 6.07) is 10.7. The molecule has 26 heavy (non-hydrogen) atoms. The molecule has 4 rings (SSSR count). The molecule has 0 spiro atoms. The molecular formula is C21H20O5. The Labute approximate surface area is 151 Å². The van der Waals surface area contributed by atoms with Crippen LogP contribution in [0.15, 0.2) is 36.4 Å². The zero-order valence-electron chi connectivity index (χ0n) is 14.5. The van der Waals surface area contributed by atoms with Crippen molar-refractivity contribution in [3.63, 3.8) is 0 Å². The maximum absolute atomic E-state index is 12.4. The van der Waals surface area contributed by atoms with E-state index in [1.54, 1.807) is 24.3 Å². The zero-order chi connectivity index (χ0) is 17.9. The SMILES string of the molecule is O=C(COC(=O)c1ccc2c(c1)CCC2)c1ccc2c(c1)OCCCO2. The zero-order valence-corrected chi connectivity index (χ0v) is 14.5. The molecule has 2 aliphatic rings. The van der Waals surface area contributed by atoms with E-state index in [2.05, 4.69) is 0 Å². The number of hydrogen-bond donors (Lipinski definition) is 0. The fraction of sp³-hybridized carbons (Fsp3) is 0.333. The third-order valence-corrected chi connectivity index (χ3v) is 4.74. The van der Waals surface area contributed by atoms with Gasteiger partial charge in [-0.15, -0.1) is 0 Å².